The standard InChI is InChI=1S/C15H29ClN2OSi/c1-15(2,3)20(4,5)19-12-8-6-7-11-18-14(13-16)9-10-17-18/h9-10H,6-8,11-13H2,1-5H3. The van der Waals surface area contributed by atoms with Crippen molar-refractivity contribution in [1.29, 1.82) is 0 Å². The summed E-state index contributed by atoms with van der Waals surface area (Å²) in [7, 11) is -1.57. The summed E-state index contributed by atoms with van der Waals surface area (Å²) >= 11 is 5.85. The second-order valence-electron chi connectivity index (χ2n) is 6.85. The number of aromatic nitrogens is 2. The van der Waals surface area contributed by atoms with Crippen molar-refractivity contribution in [2.45, 2.75) is 70.6 Å². The maximum atomic E-state index is 6.17. The normalized spacial score (nSPS) is 12.9. The molecule has 0 N–H and O–H groups in total. The van der Waals surface area contributed by atoms with Gasteiger partial charge >= 0.3 is 0 Å². The van der Waals surface area contributed by atoms with E-state index in [0.29, 0.717) is 10.9 Å². The molecule has 20 heavy (non-hydrogen) atoms. The van der Waals surface area contributed by atoms with Crippen molar-refractivity contribution in [2.75, 3.05) is 6.61 Å². The van der Waals surface area contributed by atoms with Crippen LogP contribution in [0.1, 0.15) is 45.7 Å². The minimum absolute atomic E-state index is 0.303. The van der Waals surface area contributed by atoms with Crippen molar-refractivity contribution in [3.05, 3.63) is 18.0 Å². The van der Waals surface area contributed by atoms with E-state index < -0.39 is 8.32 Å². The first kappa shape index (κ1) is 17.7. The van der Waals surface area contributed by atoms with Crippen LogP contribution >= 0.6 is 11.6 Å². The highest BCUT2D eigenvalue weighted by Gasteiger charge is 2.36. The molecule has 3 nitrogen and oxygen atoms in total. The van der Waals surface area contributed by atoms with Crippen molar-refractivity contribution in [2.24, 2.45) is 0 Å². The van der Waals surface area contributed by atoms with Gasteiger partial charge in [0.1, 0.15) is 0 Å². The summed E-state index contributed by atoms with van der Waals surface area (Å²) in [5.74, 6) is 0.536. The average molecular weight is 317 g/mol. The molecule has 116 valence electrons. The van der Waals surface area contributed by atoms with Crippen LogP contribution in [0.15, 0.2) is 12.3 Å². The monoisotopic (exact) mass is 316 g/mol. The largest absolute Gasteiger partial charge is 0.417 e. The van der Waals surface area contributed by atoms with Gasteiger partial charge in [-0.15, -0.1) is 11.6 Å². The number of hydrogen-bond acceptors (Lipinski definition) is 2. The Morgan fingerprint density at radius 3 is 2.55 bits per heavy atom. The molecule has 0 aliphatic rings. The van der Waals surface area contributed by atoms with Gasteiger partial charge in [-0.05, 0) is 43.5 Å². The molecule has 0 unspecified atom stereocenters. The molecule has 0 saturated carbocycles. The SMILES string of the molecule is CC(C)(C)[Si](C)(C)OCCCCCn1nccc1CCl. The maximum absolute atomic E-state index is 6.17. The third-order valence-corrected chi connectivity index (χ3v) is 9.04. The van der Waals surface area contributed by atoms with Crippen molar-refractivity contribution in [1.82, 2.24) is 9.78 Å². The maximum Gasteiger partial charge on any atom is 0.191 e. The van der Waals surface area contributed by atoms with Crippen molar-refractivity contribution >= 4 is 19.9 Å². The Kier molecular flexibility index (Phi) is 6.75. The fraction of sp³-hybridized carbons (Fsp3) is 0.800. The number of unbranched alkanes of at least 4 members (excludes halogenated alkanes) is 2. The van der Waals surface area contributed by atoms with Crippen LogP contribution in [0.2, 0.25) is 18.1 Å². The van der Waals surface area contributed by atoms with Crippen LogP contribution < -0.4 is 0 Å². The second-order valence-corrected chi connectivity index (χ2v) is 11.9. The van der Waals surface area contributed by atoms with E-state index in [4.69, 9.17) is 16.0 Å². The fourth-order valence-electron chi connectivity index (χ4n) is 1.76. The third-order valence-electron chi connectivity index (χ3n) is 4.22. The molecule has 1 aromatic heterocycles. The van der Waals surface area contributed by atoms with Gasteiger partial charge in [-0.2, -0.15) is 5.10 Å². The predicted octanol–water partition coefficient (Wildman–Crippen LogP) is 4.81. The number of rotatable bonds is 8. The highest BCUT2D eigenvalue weighted by atomic mass is 35.5. The summed E-state index contributed by atoms with van der Waals surface area (Å²) in [5, 5.41) is 4.59. The Balaban J connectivity index is 2.17. The van der Waals surface area contributed by atoms with Crippen LogP contribution in [-0.4, -0.2) is 24.7 Å². The van der Waals surface area contributed by atoms with E-state index in [0.717, 1.165) is 31.7 Å². The molecule has 0 saturated heterocycles. The van der Waals surface area contributed by atoms with Gasteiger partial charge in [0.2, 0.25) is 0 Å². The summed E-state index contributed by atoms with van der Waals surface area (Å²) < 4.78 is 8.17. The highest BCUT2D eigenvalue weighted by molar-refractivity contribution is 6.74. The fourth-order valence-corrected chi connectivity index (χ4v) is 3.07. The van der Waals surface area contributed by atoms with Crippen molar-refractivity contribution in [3.8, 4) is 0 Å². The molecule has 0 bridgehead atoms. The van der Waals surface area contributed by atoms with Gasteiger partial charge in [-0.3, -0.25) is 4.68 Å². The Morgan fingerprint density at radius 2 is 1.95 bits per heavy atom. The molecule has 1 heterocycles. The zero-order chi connectivity index (χ0) is 15.2. The summed E-state index contributed by atoms with van der Waals surface area (Å²) in [5.41, 5.74) is 1.10. The van der Waals surface area contributed by atoms with E-state index in [1.807, 2.05) is 16.9 Å². The number of alkyl halides is 1. The van der Waals surface area contributed by atoms with E-state index in [1.54, 1.807) is 0 Å². The van der Waals surface area contributed by atoms with Gasteiger partial charge < -0.3 is 4.43 Å². The predicted molar refractivity (Wildman–Crippen MR) is 88.8 cm³/mol. The Hall–Kier alpha value is -0.323. The lowest BCUT2D eigenvalue weighted by Gasteiger charge is -2.36. The highest BCUT2D eigenvalue weighted by Crippen LogP contribution is 2.36. The third kappa shape index (κ3) is 5.22. The molecule has 0 radical (unpaired) electrons. The van der Waals surface area contributed by atoms with E-state index in [-0.39, 0.29) is 0 Å². The van der Waals surface area contributed by atoms with Crippen LogP contribution in [0.3, 0.4) is 0 Å². The molecular weight excluding hydrogens is 288 g/mol. The van der Waals surface area contributed by atoms with E-state index in [9.17, 15) is 0 Å². The summed E-state index contributed by atoms with van der Waals surface area (Å²) in [4.78, 5) is 0. The van der Waals surface area contributed by atoms with E-state index in [2.05, 4.69) is 39.0 Å². The lowest BCUT2D eigenvalue weighted by atomic mass is 10.2. The van der Waals surface area contributed by atoms with Crippen LogP contribution in [0.4, 0.5) is 0 Å². The molecule has 0 aromatic carbocycles. The number of halogens is 1. The van der Waals surface area contributed by atoms with Crippen LogP contribution in [0.5, 0.6) is 0 Å². The molecule has 5 heteroatoms. The van der Waals surface area contributed by atoms with Gasteiger partial charge in [0.25, 0.3) is 0 Å². The second kappa shape index (κ2) is 7.62. The van der Waals surface area contributed by atoms with E-state index in [1.165, 1.54) is 6.42 Å². The van der Waals surface area contributed by atoms with Gasteiger partial charge in [-0.25, -0.2) is 0 Å². The van der Waals surface area contributed by atoms with Gasteiger partial charge in [-0.1, -0.05) is 20.8 Å². The zero-order valence-corrected chi connectivity index (χ0v) is 15.3. The molecule has 1 aromatic rings. The molecule has 0 fully saturated rings. The number of hydrogen-bond donors (Lipinski definition) is 0. The molecular formula is C15H29ClN2OSi. The van der Waals surface area contributed by atoms with Gasteiger partial charge in [0, 0.05) is 19.3 Å². The molecule has 1 rings (SSSR count). The van der Waals surface area contributed by atoms with Crippen molar-refractivity contribution in [3.63, 3.8) is 0 Å². The summed E-state index contributed by atoms with van der Waals surface area (Å²) in [6.45, 7) is 13.3. The Morgan fingerprint density at radius 1 is 1.25 bits per heavy atom. The lowest BCUT2D eigenvalue weighted by Crippen LogP contribution is -2.40. The summed E-state index contributed by atoms with van der Waals surface area (Å²) in [6.07, 6.45) is 5.25. The number of aryl methyl sites for hydroxylation is 1. The van der Waals surface area contributed by atoms with Crippen molar-refractivity contribution < 1.29 is 4.43 Å². The van der Waals surface area contributed by atoms with Gasteiger partial charge in [0.15, 0.2) is 8.32 Å². The zero-order valence-electron chi connectivity index (χ0n) is 13.6. The molecule has 0 aliphatic carbocycles. The average Bonchev–Trinajstić information content (AvgIpc) is 2.79. The first-order valence-corrected chi connectivity index (χ1v) is 10.9. The minimum atomic E-state index is -1.57. The molecule has 0 amide bonds. The Bertz CT molecular complexity index is 399. The quantitative estimate of drug-likeness (QED) is 0.391. The first-order chi connectivity index (χ1) is 9.28. The Labute approximate surface area is 129 Å². The van der Waals surface area contributed by atoms with Crippen LogP contribution in [0, 0.1) is 0 Å². The topological polar surface area (TPSA) is 27.1 Å². The lowest BCUT2D eigenvalue weighted by molar-refractivity contribution is 0.276. The smallest absolute Gasteiger partial charge is 0.191 e. The van der Waals surface area contributed by atoms with Crippen LogP contribution in [-0.2, 0) is 16.9 Å². The van der Waals surface area contributed by atoms with Gasteiger partial charge in [0.05, 0.1) is 11.6 Å². The first-order valence-electron chi connectivity index (χ1n) is 7.48. The molecule has 0 atom stereocenters. The summed E-state index contributed by atoms with van der Waals surface area (Å²) in [6, 6.07) is 1.98. The van der Waals surface area contributed by atoms with E-state index >= 15 is 0 Å². The molecule has 0 spiro atoms. The van der Waals surface area contributed by atoms with Crippen LogP contribution in [0.25, 0.3) is 0 Å². The minimum Gasteiger partial charge on any atom is -0.417 e. The molecule has 0 aliphatic heterocycles. The number of nitrogens with zero attached hydrogens (tertiary/aromatic N) is 2.